The predicted molar refractivity (Wildman–Crippen MR) is 136 cm³/mol. The first-order valence-corrected chi connectivity index (χ1v) is 11.3. The number of H-pyrrole nitrogens is 1. The Kier molecular flexibility index (Phi) is 5.11. The Morgan fingerprint density at radius 3 is 2.69 bits per heavy atom. The zero-order valence-corrected chi connectivity index (χ0v) is 19.0. The Bertz CT molecular complexity index is 1740. The van der Waals surface area contributed by atoms with Crippen LogP contribution in [0.5, 0.6) is 5.75 Å². The van der Waals surface area contributed by atoms with Crippen LogP contribution in [0.15, 0.2) is 100 Å². The van der Waals surface area contributed by atoms with E-state index in [1.807, 2.05) is 79.7 Å². The number of aromatic amines is 1. The molecule has 0 radical (unpaired) electrons. The van der Waals surface area contributed by atoms with Gasteiger partial charge >= 0.3 is 0 Å². The molecule has 170 valence electrons. The summed E-state index contributed by atoms with van der Waals surface area (Å²) in [6.07, 6.45) is 3.34. The number of aromatic nitrogens is 3. The van der Waals surface area contributed by atoms with E-state index in [9.17, 15) is 4.79 Å². The molecule has 0 fully saturated rings. The third-order valence-corrected chi connectivity index (χ3v) is 5.96. The summed E-state index contributed by atoms with van der Waals surface area (Å²) in [7, 11) is 0. The second-order valence-corrected chi connectivity index (χ2v) is 8.36. The molecule has 0 aliphatic carbocycles. The van der Waals surface area contributed by atoms with E-state index in [4.69, 9.17) is 14.1 Å². The number of nitrogens with one attached hydrogen (secondary N) is 1. The number of fused-ring (bicyclic) bond motifs is 2. The van der Waals surface area contributed by atoms with Crippen molar-refractivity contribution >= 4 is 21.9 Å². The molecule has 4 heterocycles. The summed E-state index contributed by atoms with van der Waals surface area (Å²) in [4.78, 5) is 25.7. The van der Waals surface area contributed by atoms with Crippen LogP contribution >= 0.6 is 0 Å². The number of pyridine rings is 3. The van der Waals surface area contributed by atoms with Crippen molar-refractivity contribution in [1.82, 2.24) is 15.0 Å². The predicted octanol–water partition coefficient (Wildman–Crippen LogP) is 6.29. The number of benzene rings is 2. The van der Waals surface area contributed by atoms with Crippen LogP contribution < -0.4 is 10.2 Å². The van der Waals surface area contributed by atoms with Crippen LogP contribution in [0.25, 0.3) is 44.5 Å². The second kappa shape index (κ2) is 8.57. The lowest BCUT2D eigenvalue weighted by molar-refractivity contribution is 0.303. The minimum Gasteiger partial charge on any atom is -0.483 e. The fourth-order valence-electron chi connectivity index (χ4n) is 4.18. The molecule has 6 aromatic rings. The summed E-state index contributed by atoms with van der Waals surface area (Å²) in [5.74, 6) is 1.67. The van der Waals surface area contributed by atoms with Crippen molar-refractivity contribution in [3.8, 4) is 28.3 Å². The number of hydrogen-bond donors (Lipinski definition) is 1. The molecule has 0 saturated heterocycles. The molecule has 0 spiro atoms. The lowest BCUT2D eigenvalue weighted by Crippen LogP contribution is -2.10. The van der Waals surface area contributed by atoms with Crippen molar-refractivity contribution in [3.63, 3.8) is 0 Å². The van der Waals surface area contributed by atoms with Gasteiger partial charge in [0.25, 0.3) is 0 Å². The molecule has 35 heavy (non-hydrogen) atoms. The Labute approximate surface area is 200 Å². The molecular weight excluding hydrogens is 438 g/mol. The van der Waals surface area contributed by atoms with Crippen LogP contribution in [0.4, 0.5) is 0 Å². The first kappa shape index (κ1) is 20.9. The van der Waals surface area contributed by atoms with Gasteiger partial charge in [-0.15, -0.1) is 0 Å². The van der Waals surface area contributed by atoms with Crippen LogP contribution in [-0.2, 0) is 6.61 Å². The van der Waals surface area contributed by atoms with Crippen LogP contribution in [-0.4, -0.2) is 15.0 Å². The number of hydrogen-bond acceptors (Lipinski definition) is 5. The number of nitrogens with zero attached hydrogens (tertiary/aromatic N) is 2. The van der Waals surface area contributed by atoms with Gasteiger partial charge in [0.2, 0.25) is 5.43 Å². The number of ether oxygens (including phenoxy) is 1. The van der Waals surface area contributed by atoms with Gasteiger partial charge in [0.05, 0.1) is 10.9 Å². The third kappa shape index (κ3) is 3.95. The highest BCUT2D eigenvalue weighted by Gasteiger charge is 2.18. The smallest absolute Gasteiger partial charge is 0.232 e. The average molecular weight is 460 g/mol. The quantitative estimate of drug-likeness (QED) is 0.328. The zero-order chi connectivity index (χ0) is 23.8. The molecule has 0 unspecified atom stereocenters. The highest BCUT2D eigenvalue weighted by Crippen LogP contribution is 2.34. The van der Waals surface area contributed by atoms with Crippen LogP contribution in [0.3, 0.4) is 0 Å². The van der Waals surface area contributed by atoms with Crippen LogP contribution in [0.2, 0.25) is 0 Å². The number of aryl methyl sites for hydroxylation is 1. The third-order valence-electron chi connectivity index (χ3n) is 5.96. The molecule has 0 aliphatic rings. The van der Waals surface area contributed by atoms with E-state index in [0.717, 1.165) is 33.4 Å². The lowest BCUT2D eigenvalue weighted by Gasteiger charge is -2.12. The Balaban J connectivity index is 1.51. The Morgan fingerprint density at radius 2 is 1.86 bits per heavy atom. The van der Waals surface area contributed by atoms with Gasteiger partial charge in [-0.3, -0.25) is 9.78 Å². The maximum Gasteiger partial charge on any atom is 0.232 e. The van der Waals surface area contributed by atoms with Gasteiger partial charge in [-0.1, -0.05) is 42.5 Å². The highest BCUT2D eigenvalue weighted by molar-refractivity contribution is 5.92. The molecule has 6 rings (SSSR count). The van der Waals surface area contributed by atoms with Crippen molar-refractivity contribution in [1.29, 1.82) is 0 Å². The molecule has 0 atom stereocenters. The second-order valence-electron chi connectivity index (χ2n) is 8.36. The number of rotatable bonds is 5. The molecule has 0 saturated carbocycles. The zero-order valence-electron chi connectivity index (χ0n) is 19.0. The fourth-order valence-corrected chi connectivity index (χ4v) is 4.18. The first-order valence-electron chi connectivity index (χ1n) is 11.3. The van der Waals surface area contributed by atoms with Gasteiger partial charge in [0, 0.05) is 23.3 Å². The van der Waals surface area contributed by atoms with Crippen molar-refractivity contribution in [2.45, 2.75) is 13.5 Å². The van der Waals surface area contributed by atoms with Gasteiger partial charge in [-0.05, 0) is 54.4 Å². The van der Waals surface area contributed by atoms with Gasteiger partial charge in [0.1, 0.15) is 23.7 Å². The van der Waals surface area contributed by atoms with E-state index in [-0.39, 0.29) is 11.2 Å². The highest BCUT2D eigenvalue weighted by atomic mass is 16.5. The van der Waals surface area contributed by atoms with Gasteiger partial charge < -0.3 is 14.1 Å². The standard InChI is InChI=1S/C29H21N3O3/c1-18-9-12-25(35-18)27-22(20-10-11-24-21(14-20)8-5-13-30-24)15-23-28(33)26(16-31-29(23)32-27)34-17-19-6-3-2-4-7-19/h2-16H,17H2,1H3,(H,31,32,33). The summed E-state index contributed by atoms with van der Waals surface area (Å²) in [6, 6.07) is 25.3. The largest absolute Gasteiger partial charge is 0.483 e. The first-order chi connectivity index (χ1) is 17.2. The van der Waals surface area contributed by atoms with Gasteiger partial charge in [-0.25, -0.2) is 4.98 Å². The number of furan rings is 1. The topological polar surface area (TPSA) is 81.0 Å². The van der Waals surface area contributed by atoms with Crippen LogP contribution in [0, 0.1) is 6.92 Å². The van der Waals surface area contributed by atoms with E-state index in [1.165, 1.54) is 0 Å². The van der Waals surface area contributed by atoms with Gasteiger partial charge in [0.15, 0.2) is 11.5 Å². The van der Waals surface area contributed by atoms with E-state index >= 15 is 0 Å². The van der Waals surface area contributed by atoms with E-state index in [0.29, 0.717) is 29.1 Å². The van der Waals surface area contributed by atoms with E-state index in [1.54, 1.807) is 12.4 Å². The maximum absolute atomic E-state index is 13.4. The Morgan fingerprint density at radius 1 is 0.971 bits per heavy atom. The summed E-state index contributed by atoms with van der Waals surface area (Å²) in [5.41, 5.74) is 4.50. The summed E-state index contributed by atoms with van der Waals surface area (Å²) >= 11 is 0. The Hall–Kier alpha value is -4.71. The maximum atomic E-state index is 13.4. The minimum atomic E-state index is -0.215. The summed E-state index contributed by atoms with van der Waals surface area (Å²) in [6.45, 7) is 2.20. The minimum absolute atomic E-state index is 0.215. The molecule has 2 aromatic carbocycles. The average Bonchev–Trinajstić information content (AvgIpc) is 3.34. The molecule has 0 aliphatic heterocycles. The van der Waals surface area contributed by atoms with Gasteiger partial charge in [-0.2, -0.15) is 0 Å². The molecule has 1 N–H and O–H groups in total. The normalized spacial score (nSPS) is 11.2. The molecular formula is C29H21N3O3. The molecule has 4 aromatic heterocycles. The lowest BCUT2D eigenvalue weighted by atomic mass is 9.99. The van der Waals surface area contributed by atoms with Crippen molar-refractivity contribution in [2.24, 2.45) is 0 Å². The molecule has 0 bridgehead atoms. The summed E-state index contributed by atoms with van der Waals surface area (Å²) in [5, 5.41) is 1.45. The fraction of sp³-hybridized carbons (Fsp3) is 0.0690. The molecule has 0 amide bonds. The SMILES string of the molecule is Cc1ccc(-c2nc3[nH]cc(OCc4ccccc4)c(=O)c3cc2-c2ccc3ncccc3c2)o1. The van der Waals surface area contributed by atoms with Crippen molar-refractivity contribution in [3.05, 3.63) is 113 Å². The van der Waals surface area contributed by atoms with E-state index in [2.05, 4.69) is 16.0 Å². The van der Waals surface area contributed by atoms with Crippen molar-refractivity contribution < 1.29 is 9.15 Å². The monoisotopic (exact) mass is 459 g/mol. The molecule has 6 heteroatoms. The molecule has 6 nitrogen and oxygen atoms in total. The van der Waals surface area contributed by atoms with Crippen molar-refractivity contribution in [2.75, 3.05) is 0 Å². The summed E-state index contributed by atoms with van der Waals surface area (Å²) < 4.78 is 11.8. The van der Waals surface area contributed by atoms with Crippen LogP contribution in [0.1, 0.15) is 11.3 Å². The van der Waals surface area contributed by atoms with E-state index < -0.39 is 0 Å².